The lowest BCUT2D eigenvalue weighted by molar-refractivity contribution is -0.139. The molecular formula is C17H15BrClN3O4. The summed E-state index contributed by atoms with van der Waals surface area (Å²) in [4.78, 5) is 22.4. The summed E-state index contributed by atoms with van der Waals surface area (Å²) in [6.45, 7) is 1.37. The van der Waals surface area contributed by atoms with Gasteiger partial charge in [-0.3, -0.25) is 0 Å². The van der Waals surface area contributed by atoms with Gasteiger partial charge >= 0.3 is 12.0 Å². The normalized spacial score (nSPS) is 10.6. The highest BCUT2D eigenvalue weighted by molar-refractivity contribution is 9.10. The van der Waals surface area contributed by atoms with Crippen LogP contribution in [0.1, 0.15) is 11.1 Å². The molecule has 0 heterocycles. The van der Waals surface area contributed by atoms with Crippen molar-refractivity contribution in [2.45, 2.75) is 6.92 Å². The lowest BCUT2D eigenvalue weighted by Crippen LogP contribution is -2.24. The fourth-order valence-electron chi connectivity index (χ4n) is 1.95. The number of hydrazone groups is 1. The van der Waals surface area contributed by atoms with Gasteiger partial charge in [0.05, 0.1) is 15.7 Å². The molecule has 0 saturated carbocycles. The second kappa shape index (κ2) is 9.21. The fourth-order valence-corrected chi connectivity index (χ4v) is 2.94. The first-order valence-electron chi connectivity index (χ1n) is 7.36. The minimum absolute atomic E-state index is 0.214. The third kappa shape index (κ3) is 5.75. The maximum atomic E-state index is 11.8. The quantitative estimate of drug-likeness (QED) is 0.466. The molecular weight excluding hydrogens is 426 g/mol. The Morgan fingerprint density at radius 1 is 1.35 bits per heavy atom. The Morgan fingerprint density at radius 3 is 2.73 bits per heavy atom. The number of ether oxygens (including phenoxy) is 1. The number of aliphatic carboxylic acids is 1. The monoisotopic (exact) mass is 439 g/mol. The second-order valence-corrected chi connectivity index (χ2v) is 6.40. The minimum Gasteiger partial charge on any atom is -0.479 e. The van der Waals surface area contributed by atoms with Crippen molar-refractivity contribution in [3.8, 4) is 5.75 Å². The number of nitrogens with zero attached hydrogens (tertiary/aromatic N) is 1. The third-order valence-corrected chi connectivity index (χ3v) is 4.00. The molecule has 9 heteroatoms. The number of carbonyl (C=O) groups excluding carboxylic acids is 1. The van der Waals surface area contributed by atoms with Crippen LogP contribution in [0.3, 0.4) is 0 Å². The first kappa shape index (κ1) is 19.7. The van der Waals surface area contributed by atoms with Crippen LogP contribution in [-0.4, -0.2) is 29.9 Å². The van der Waals surface area contributed by atoms with Crippen molar-refractivity contribution < 1.29 is 19.4 Å². The van der Waals surface area contributed by atoms with Crippen molar-refractivity contribution in [2.24, 2.45) is 5.10 Å². The molecule has 0 atom stereocenters. The molecule has 0 radical (unpaired) electrons. The Hall–Kier alpha value is -2.58. The molecule has 136 valence electrons. The first-order valence-corrected chi connectivity index (χ1v) is 8.53. The predicted octanol–water partition coefficient (Wildman–Crippen LogP) is 4.03. The maximum absolute atomic E-state index is 11.8. The highest BCUT2D eigenvalue weighted by atomic mass is 79.9. The van der Waals surface area contributed by atoms with Crippen molar-refractivity contribution in [3.05, 3.63) is 57.0 Å². The number of carbonyl (C=O) groups is 2. The Labute approximate surface area is 163 Å². The second-order valence-electron chi connectivity index (χ2n) is 5.14. The molecule has 2 rings (SSSR count). The van der Waals surface area contributed by atoms with Gasteiger partial charge in [0.2, 0.25) is 0 Å². The van der Waals surface area contributed by atoms with Crippen LogP contribution < -0.4 is 15.5 Å². The summed E-state index contributed by atoms with van der Waals surface area (Å²) < 4.78 is 5.57. The molecule has 2 aromatic carbocycles. The van der Waals surface area contributed by atoms with E-state index < -0.39 is 18.6 Å². The van der Waals surface area contributed by atoms with E-state index in [0.29, 0.717) is 15.7 Å². The van der Waals surface area contributed by atoms with Crippen LogP contribution in [-0.2, 0) is 4.79 Å². The number of urea groups is 1. The van der Waals surface area contributed by atoms with E-state index in [1.54, 1.807) is 12.1 Å². The zero-order valence-electron chi connectivity index (χ0n) is 13.6. The molecule has 0 spiro atoms. The maximum Gasteiger partial charge on any atom is 0.341 e. The number of aryl methyl sites for hydroxylation is 1. The van der Waals surface area contributed by atoms with Crippen molar-refractivity contribution in [1.82, 2.24) is 5.43 Å². The van der Waals surface area contributed by atoms with E-state index in [0.717, 1.165) is 5.56 Å². The Morgan fingerprint density at radius 2 is 2.08 bits per heavy atom. The summed E-state index contributed by atoms with van der Waals surface area (Å²) in [7, 11) is 0. The molecule has 26 heavy (non-hydrogen) atoms. The summed E-state index contributed by atoms with van der Waals surface area (Å²) in [6, 6.07) is 10.0. The number of carboxylic acids is 1. The topological polar surface area (TPSA) is 100 Å². The van der Waals surface area contributed by atoms with E-state index in [4.69, 9.17) is 21.4 Å². The van der Waals surface area contributed by atoms with E-state index in [1.807, 2.05) is 25.1 Å². The SMILES string of the molecule is Cc1ccccc1NC(=O)NN=Cc1cc(Cl)c(OCC(=O)O)c(Br)c1. The zero-order valence-corrected chi connectivity index (χ0v) is 16.0. The first-order chi connectivity index (χ1) is 12.4. The average molecular weight is 441 g/mol. The van der Waals surface area contributed by atoms with E-state index in [1.165, 1.54) is 12.3 Å². The number of amides is 2. The van der Waals surface area contributed by atoms with Gasteiger partial charge in [0.15, 0.2) is 12.4 Å². The summed E-state index contributed by atoms with van der Waals surface area (Å²) in [5, 5.41) is 15.4. The fraction of sp³-hybridized carbons (Fsp3) is 0.118. The van der Waals surface area contributed by atoms with Gasteiger partial charge in [0, 0.05) is 5.69 Å². The molecule has 0 bridgehead atoms. The molecule has 0 aromatic heterocycles. The van der Waals surface area contributed by atoms with Crippen molar-refractivity contribution >= 4 is 51.4 Å². The van der Waals surface area contributed by atoms with Gasteiger partial charge in [-0.1, -0.05) is 29.8 Å². The number of nitrogens with one attached hydrogen (secondary N) is 2. The van der Waals surface area contributed by atoms with Gasteiger partial charge in [-0.05, 0) is 52.2 Å². The molecule has 2 amide bonds. The number of anilines is 1. The van der Waals surface area contributed by atoms with Crippen LogP contribution >= 0.6 is 27.5 Å². The predicted molar refractivity (Wildman–Crippen MR) is 103 cm³/mol. The molecule has 0 aliphatic heterocycles. The third-order valence-electron chi connectivity index (χ3n) is 3.13. The van der Waals surface area contributed by atoms with Crippen LogP contribution in [0.2, 0.25) is 5.02 Å². The van der Waals surface area contributed by atoms with E-state index in [9.17, 15) is 9.59 Å². The minimum atomic E-state index is -1.11. The Bertz CT molecular complexity index is 835. The highest BCUT2D eigenvalue weighted by Crippen LogP contribution is 2.34. The molecule has 0 unspecified atom stereocenters. The van der Waals surface area contributed by atoms with Gasteiger partial charge in [-0.2, -0.15) is 5.10 Å². The number of halogens is 2. The van der Waals surface area contributed by atoms with Crippen molar-refractivity contribution in [3.63, 3.8) is 0 Å². The van der Waals surface area contributed by atoms with Gasteiger partial charge in [0.25, 0.3) is 0 Å². The summed E-state index contributed by atoms with van der Waals surface area (Å²) in [5.74, 6) is -0.890. The number of rotatable bonds is 6. The van der Waals surface area contributed by atoms with Crippen LogP contribution in [0.25, 0.3) is 0 Å². The smallest absolute Gasteiger partial charge is 0.341 e. The lowest BCUT2D eigenvalue weighted by atomic mass is 10.2. The zero-order chi connectivity index (χ0) is 19.1. The van der Waals surface area contributed by atoms with Gasteiger partial charge in [-0.25, -0.2) is 15.0 Å². The number of benzene rings is 2. The molecule has 0 aliphatic rings. The van der Waals surface area contributed by atoms with Crippen molar-refractivity contribution in [2.75, 3.05) is 11.9 Å². The number of hydrogen-bond donors (Lipinski definition) is 3. The summed E-state index contributed by atoms with van der Waals surface area (Å²) in [5.41, 5.74) is 4.55. The number of hydrogen-bond acceptors (Lipinski definition) is 4. The van der Waals surface area contributed by atoms with Crippen LogP contribution in [0.4, 0.5) is 10.5 Å². The molecule has 0 aliphatic carbocycles. The number of para-hydroxylation sites is 1. The van der Waals surface area contributed by atoms with Gasteiger partial charge < -0.3 is 15.2 Å². The van der Waals surface area contributed by atoms with Crippen LogP contribution in [0.5, 0.6) is 5.75 Å². The van der Waals surface area contributed by atoms with Crippen molar-refractivity contribution in [1.29, 1.82) is 0 Å². The lowest BCUT2D eigenvalue weighted by Gasteiger charge is -2.09. The Balaban J connectivity index is 1.98. The largest absolute Gasteiger partial charge is 0.479 e. The average Bonchev–Trinajstić information content (AvgIpc) is 2.56. The molecule has 0 fully saturated rings. The highest BCUT2D eigenvalue weighted by Gasteiger charge is 2.10. The summed E-state index contributed by atoms with van der Waals surface area (Å²) >= 11 is 9.33. The molecule has 2 aromatic rings. The number of carboxylic acid groups (broad SMARTS) is 1. The van der Waals surface area contributed by atoms with E-state index in [2.05, 4.69) is 31.8 Å². The Kier molecular flexibility index (Phi) is 6.99. The van der Waals surface area contributed by atoms with Gasteiger partial charge in [0.1, 0.15) is 0 Å². The van der Waals surface area contributed by atoms with Gasteiger partial charge in [-0.15, -0.1) is 0 Å². The van der Waals surface area contributed by atoms with Crippen LogP contribution in [0.15, 0.2) is 46.0 Å². The summed E-state index contributed by atoms with van der Waals surface area (Å²) in [6.07, 6.45) is 1.40. The van der Waals surface area contributed by atoms with E-state index in [-0.39, 0.29) is 10.8 Å². The standard InChI is InChI=1S/C17H15BrClN3O4/c1-10-4-2-3-5-14(10)21-17(25)22-20-8-11-6-12(18)16(13(19)7-11)26-9-15(23)24/h2-8H,9H2,1H3,(H,23,24)(H2,21,22,25). The molecule has 0 saturated heterocycles. The van der Waals surface area contributed by atoms with Crippen LogP contribution in [0, 0.1) is 6.92 Å². The molecule has 7 nitrogen and oxygen atoms in total. The molecule has 3 N–H and O–H groups in total. The van der Waals surface area contributed by atoms with E-state index >= 15 is 0 Å².